The van der Waals surface area contributed by atoms with E-state index in [0.717, 1.165) is 35.3 Å². The van der Waals surface area contributed by atoms with Crippen LogP contribution in [0.5, 0.6) is 0 Å². The summed E-state index contributed by atoms with van der Waals surface area (Å²) in [5.41, 5.74) is 3.53. The standard InChI is InChI=1S/C23H21ClN4O/c24-20-8-6-18(7-9-20)23-19(16-28(26-23)21-4-2-1-3-5-21)14-22(29)27-12-10-17(15-25)11-13-27/h1-9,16-17H,10-14H2. The summed E-state index contributed by atoms with van der Waals surface area (Å²) < 4.78 is 1.81. The highest BCUT2D eigenvalue weighted by atomic mass is 35.5. The zero-order valence-corrected chi connectivity index (χ0v) is 16.7. The molecule has 0 N–H and O–H groups in total. The minimum Gasteiger partial charge on any atom is -0.342 e. The molecule has 2 heterocycles. The van der Waals surface area contributed by atoms with Gasteiger partial charge in [0.15, 0.2) is 0 Å². The van der Waals surface area contributed by atoms with Gasteiger partial charge in [-0.05, 0) is 37.1 Å². The summed E-state index contributed by atoms with van der Waals surface area (Å²) in [6, 6.07) is 19.7. The molecule has 6 heteroatoms. The molecule has 5 nitrogen and oxygen atoms in total. The first kappa shape index (κ1) is 19.2. The van der Waals surface area contributed by atoms with Gasteiger partial charge in [-0.1, -0.05) is 41.9 Å². The van der Waals surface area contributed by atoms with Crippen LogP contribution in [0.15, 0.2) is 60.8 Å². The number of benzene rings is 2. The minimum atomic E-state index is 0.0597. The highest BCUT2D eigenvalue weighted by molar-refractivity contribution is 6.30. The number of aromatic nitrogens is 2. The lowest BCUT2D eigenvalue weighted by molar-refractivity contribution is -0.131. The number of piperidine rings is 1. The highest BCUT2D eigenvalue weighted by Gasteiger charge is 2.24. The number of halogens is 1. The number of carbonyl (C=O) groups is 1. The van der Waals surface area contributed by atoms with Crippen molar-refractivity contribution >= 4 is 17.5 Å². The van der Waals surface area contributed by atoms with Gasteiger partial charge in [0.1, 0.15) is 0 Å². The van der Waals surface area contributed by atoms with Crippen molar-refractivity contribution < 1.29 is 4.79 Å². The van der Waals surface area contributed by atoms with Crippen LogP contribution in [0.25, 0.3) is 16.9 Å². The van der Waals surface area contributed by atoms with Crippen molar-refractivity contribution in [2.24, 2.45) is 5.92 Å². The molecule has 1 aliphatic heterocycles. The zero-order valence-electron chi connectivity index (χ0n) is 16.0. The van der Waals surface area contributed by atoms with Crippen LogP contribution in [0.3, 0.4) is 0 Å². The Morgan fingerprint density at radius 3 is 2.45 bits per heavy atom. The quantitative estimate of drug-likeness (QED) is 0.643. The Balaban J connectivity index is 1.62. The minimum absolute atomic E-state index is 0.0597. The number of rotatable bonds is 4. The molecule has 1 aromatic heterocycles. The van der Waals surface area contributed by atoms with Crippen molar-refractivity contribution in [1.29, 1.82) is 5.26 Å². The number of nitriles is 1. The molecule has 4 rings (SSSR count). The Morgan fingerprint density at radius 1 is 1.10 bits per heavy atom. The number of nitrogens with zero attached hydrogens (tertiary/aromatic N) is 4. The van der Waals surface area contributed by atoms with E-state index in [4.69, 9.17) is 22.0 Å². The molecular formula is C23H21ClN4O. The first-order valence-corrected chi connectivity index (χ1v) is 10.1. The molecule has 29 heavy (non-hydrogen) atoms. The predicted octanol–water partition coefficient (Wildman–Crippen LogP) is 4.50. The lowest BCUT2D eigenvalue weighted by Crippen LogP contribution is -2.39. The number of amides is 1. The molecule has 2 aromatic carbocycles. The predicted molar refractivity (Wildman–Crippen MR) is 113 cm³/mol. The molecule has 0 bridgehead atoms. The van der Waals surface area contributed by atoms with Gasteiger partial charge in [0.05, 0.1) is 23.9 Å². The fourth-order valence-corrected chi connectivity index (χ4v) is 3.76. The lowest BCUT2D eigenvalue weighted by Gasteiger charge is -2.29. The van der Waals surface area contributed by atoms with Crippen molar-refractivity contribution in [2.45, 2.75) is 19.3 Å². The first-order valence-electron chi connectivity index (χ1n) is 9.71. The summed E-state index contributed by atoms with van der Waals surface area (Å²) in [7, 11) is 0. The fraction of sp³-hybridized carbons (Fsp3) is 0.261. The zero-order chi connectivity index (χ0) is 20.2. The Hall–Kier alpha value is -3.10. The normalized spacial score (nSPS) is 14.6. The van der Waals surface area contributed by atoms with Crippen molar-refractivity contribution in [2.75, 3.05) is 13.1 Å². The maximum Gasteiger partial charge on any atom is 0.227 e. The molecule has 0 saturated carbocycles. The second-order valence-corrected chi connectivity index (χ2v) is 7.69. The van der Waals surface area contributed by atoms with Gasteiger partial charge in [0.2, 0.25) is 5.91 Å². The van der Waals surface area contributed by atoms with Gasteiger partial charge in [-0.2, -0.15) is 10.4 Å². The van der Waals surface area contributed by atoms with Gasteiger partial charge < -0.3 is 4.90 Å². The summed E-state index contributed by atoms with van der Waals surface area (Å²) in [5, 5.41) is 14.5. The molecule has 146 valence electrons. The number of hydrogen-bond acceptors (Lipinski definition) is 3. The second-order valence-electron chi connectivity index (χ2n) is 7.25. The van der Waals surface area contributed by atoms with E-state index in [1.54, 1.807) is 0 Å². The average molecular weight is 405 g/mol. The lowest BCUT2D eigenvalue weighted by atomic mass is 9.98. The summed E-state index contributed by atoms with van der Waals surface area (Å²) in [4.78, 5) is 14.8. The molecule has 0 atom stereocenters. The van der Waals surface area contributed by atoms with Crippen molar-refractivity contribution in [1.82, 2.24) is 14.7 Å². The van der Waals surface area contributed by atoms with Crippen molar-refractivity contribution in [3.8, 4) is 23.0 Å². The van der Waals surface area contributed by atoms with E-state index in [-0.39, 0.29) is 18.2 Å². The molecule has 1 amide bonds. The summed E-state index contributed by atoms with van der Waals surface area (Å²) in [6.45, 7) is 1.28. The largest absolute Gasteiger partial charge is 0.342 e. The van der Waals surface area contributed by atoms with Crippen molar-refractivity contribution in [3.63, 3.8) is 0 Å². The van der Waals surface area contributed by atoms with E-state index < -0.39 is 0 Å². The van der Waals surface area contributed by atoms with Gasteiger partial charge in [0.25, 0.3) is 0 Å². The molecule has 1 fully saturated rings. The summed E-state index contributed by atoms with van der Waals surface area (Å²) >= 11 is 6.04. The number of likely N-dealkylation sites (tertiary alicyclic amines) is 1. The molecule has 0 aliphatic carbocycles. The van der Waals surface area contributed by atoms with E-state index >= 15 is 0 Å². The van der Waals surface area contributed by atoms with Crippen LogP contribution in [0.4, 0.5) is 0 Å². The van der Waals surface area contributed by atoms with E-state index in [2.05, 4.69) is 6.07 Å². The third-order valence-electron chi connectivity index (χ3n) is 5.30. The van der Waals surface area contributed by atoms with Crippen LogP contribution >= 0.6 is 11.6 Å². The maximum absolute atomic E-state index is 12.9. The molecule has 1 saturated heterocycles. The monoisotopic (exact) mass is 404 g/mol. The van der Waals surface area contributed by atoms with Crippen LogP contribution in [0, 0.1) is 17.2 Å². The third kappa shape index (κ3) is 4.33. The SMILES string of the molecule is N#CC1CCN(C(=O)Cc2cn(-c3ccccc3)nc2-c2ccc(Cl)cc2)CC1. The van der Waals surface area contributed by atoms with Crippen molar-refractivity contribution in [3.05, 3.63) is 71.4 Å². The molecule has 0 radical (unpaired) electrons. The van der Waals surface area contributed by atoms with Gasteiger partial charge in [0, 0.05) is 41.4 Å². The van der Waals surface area contributed by atoms with E-state index in [0.29, 0.717) is 18.1 Å². The van der Waals surface area contributed by atoms with Gasteiger partial charge in [-0.15, -0.1) is 0 Å². The highest BCUT2D eigenvalue weighted by Crippen LogP contribution is 2.26. The second kappa shape index (κ2) is 8.50. The summed E-state index contributed by atoms with van der Waals surface area (Å²) in [5.74, 6) is 0.133. The topological polar surface area (TPSA) is 61.9 Å². The Morgan fingerprint density at radius 2 is 1.79 bits per heavy atom. The molecule has 0 unspecified atom stereocenters. The van der Waals surface area contributed by atoms with Crippen LogP contribution in [-0.4, -0.2) is 33.7 Å². The van der Waals surface area contributed by atoms with Gasteiger partial charge in [-0.3, -0.25) is 4.79 Å². The molecule has 3 aromatic rings. The number of para-hydroxylation sites is 1. The van der Waals surface area contributed by atoms with E-state index in [9.17, 15) is 4.79 Å². The van der Waals surface area contributed by atoms with Crippen LogP contribution in [-0.2, 0) is 11.2 Å². The van der Waals surface area contributed by atoms with Crippen LogP contribution in [0.2, 0.25) is 5.02 Å². The van der Waals surface area contributed by atoms with Gasteiger partial charge in [-0.25, -0.2) is 4.68 Å². The average Bonchev–Trinajstić information content (AvgIpc) is 3.18. The Kier molecular flexibility index (Phi) is 5.64. The Bertz CT molecular complexity index is 1030. The molecule has 1 aliphatic rings. The molecule has 0 spiro atoms. The van der Waals surface area contributed by atoms with E-state index in [1.165, 1.54) is 0 Å². The van der Waals surface area contributed by atoms with Crippen LogP contribution < -0.4 is 0 Å². The maximum atomic E-state index is 12.9. The Labute approximate surface area is 175 Å². The van der Waals surface area contributed by atoms with Crippen LogP contribution in [0.1, 0.15) is 18.4 Å². The number of carbonyl (C=O) groups excluding carboxylic acids is 1. The smallest absolute Gasteiger partial charge is 0.227 e. The van der Waals surface area contributed by atoms with E-state index in [1.807, 2.05) is 70.4 Å². The molecular weight excluding hydrogens is 384 g/mol. The third-order valence-corrected chi connectivity index (χ3v) is 5.55. The number of hydrogen-bond donors (Lipinski definition) is 0. The summed E-state index contributed by atoms with van der Waals surface area (Å²) in [6.07, 6.45) is 3.70. The first-order chi connectivity index (χ1) is 14.1. The fourth-order valence-electron chi connectivity index (χ4n) is 3.64. The van der Waals surface area contributed by atoms with Gasteiger partial charge >= 0.3 is 0 Å².